The number of rotatable bonds is 5. The van der Waals surface area contributed by atoms with Crippen LogP contribution in [0, 0.1) is 19.8 Å². The molecule has 0 spiro atoms. The van der Waals surface area contributed by atoms with Crippen LogP contribution in [0.4, 0.5) is 5.82 Å². The van der Waals surface area contributed by atoms with Crippen LogP contribution >= 0.6 is 0 Å². The lowest BCUT2D eigenvalue weighted by Gasteiger charge is -2.32. The molecule has 0 aromatic carbocycles. The highest BCUT2D eigenvalue weighted by Gasteiger charge is 2.24. The molecule has 1 saturated carbocycles. The van der Waals surface area contributed by atoms with Gasteiger partial charge >= 0.3 is 0 Å². The Kier molecular flexibility index (Phi) is 6.05. The number of hydrogen-bond donors (Lipinski definition) is 1. The Bertz CT molecular complexity index is 531. The summed E-state index contributed by atoms with van der Waals surface area (Å²) in [6.07, 6.45) is 9.89. The van der Waals surface area contributed by atoms with E-state index in [2.05, 4.69) is 52.1 Å². The highest BCUT2D eigenvalue weighted by Crippen LogP contribution is 2.31. The van der Waals surface area contributed by atoms with Crippen molar-refractivity contribution in [3.8, 4) is 0 Å². The molecule has 0 saturated heterocycles. The van der Waals surface area contributed by atoms with Crippen LogP contribution in [0.1, 0.15) is 76.1 Å². The molecule has 2 rings (SSSR count). The van der Waals surface area contributed by atoms with Gasteiger partial charge in [0.1, 0.15) is 5.82 Å². The van der Waals surface area contributed by atoms with E-state index in [9.17, 15) is 0 Å². The molecule has 1 heterocycles. The van der Waals surface area contributed by atoms with Crippen molar-refractivity contribution in [2.24, 2.45) is 5.92 Å². The van der Waals surface area contributed by atoms with Crippen LogP contribution in [0.2, 0.25) is 0 Å². The van der Waals surface area contributed by atoms with Crippen molar-refractivity contribution in [2.45, 2.75) is 79.2 Å². The molecule has 1 aromatic heterocycles. The molecule has 0 amide bonds. The van der Waals surface area contributed by atoms with E-state index >= 15 is 0 Å². The fraction of sp³-hybridized carbons (Fsp3) is 0.650. The molecular formula is C20H32N2. The van der Waals surface area contributed by atoms with Gasteiger partial charge in [-0.3, -0.25) is 0 Å². The molecule has 2 nitrogen and oxygen atoms in total. The third-order valence-corrected chi connectivity index (χ3v) is 5.19. The molecule has 1 aromatic rings. The normalized spacial score (nSPS) is 22.7. The van der Waals surface area contributed by atoms with Gasteiger partial charge in [-0.2, -0.15) is 0 Å². The number of aryl methyl sites for hydroxylation is 2. The standard InChI is InChI=1S/C20H32N2/c1-6-16(7-2)19-14(4)13-15(5)20(22-19)21-18-12-10-9-11-17(18)8-3/h6,13,17-18H,7-12H2,1-5H3,(H,21,22)/b16-6+. The Morgan fingerprint density at radius 1 is 1.23 bits per heavy atom. The molecule has 1 fully saturated rings. The average molecular weight is 300 g/mol. The number of hydrogen-bond acceptors (Lipinski definition) is 2. The summed E-state index contributed by atoms with van der Waals surface area (Å²) in [4.78, 5) is 5.00. The van der Waals surface area contributed by atoms with Crippen LogP contribution in [0.5, 0.6) is 0 Å². The topological polar surface area (TPSA) is 24.9 Å². The van der Waals surface area contributed by atoms with Crippen molar-refractivity contribution in [1.29, 1.82) is 0 Å². The molecule has 1 aliphatic carbocycles. The Labute approximate surface area is 136 Å². The lowest BCUT2D eigenvalue weighted by atomic mass is 9.83. The maximum Gasteiger partial charge on any atom is 0.129 e. The summed E-state index contributed by atoms with van der Waals surface area (Å²) >= 11 is 0. The SMILES string of the molecule is C/C=C(\CC)c1nc(NC2CCCCC2CC)c(C)cc1C. The first-order valence-corrected chi connectivity index (χ1v) is 9.01. The third kappa shape index (κ3) is 3.71. The van der Waals surface area contributed by atoms with E-state index in [1.165, 1.54) is 54.5 Å². The van der Waals surface area contributed by atoms with Gasteiger partial charge in [-0.15, -0.1) is 0 Å². The number of nitrogens with zero attached hydrogens (tertiary/aromatic N) is 1. The van der Waals surface area contributed by atoms with Crippen LogP contribution in [-0.4, -0.2) is 11.0 Å². The zero-order chi connectivity index (χ0) is 16.1. The molecule has 0 radical (unpaired) electrons. The Hall–Kier alpha value is -1.31. The quantitative estimate of drug-likeness (QED) is 0.733. The van der Waals surface area contributed by atoms with E-state index in [0.29, 0.717) is 6.04 Å². The van der Waals surface area contributed by atoms with Crippen LogP contribution in [0.3, 0.4) is 0 Å². The van der Waals surface area contributed by atoms with Crippen LogP contribution in [0.15, 0.2) is 12.1 Å². The summed E-state index contributed by atoms with van der Waals surface area (Å²) in [5.74, 6) is 1.89. The average Bonchev–Trinajstić information content (AvgIpc) is 2.53. The first-order valence-electron chi connectivity index (χ1n) is 9.01. The summed E-state index contributed by atoms with van der Waals surface area (Å²) in [6.45, 7) is 11.0. The Morgan fingerprint density at radius 3 is 2.59 bits per heavy atom. The number of allylic oxidation sites excluding steroid dienone is 2. The fourth-order valence-corrected chi connectivity index (χ4v) is 3.79. The fourth-order valence-electron chi connectivity index (χ4n) is 3.79. The van der Waals surface area contributed by atoms with E-state index in [4.69, 9.17) is 4.98 Å². The van der Waals surface area contributed by atoms with E-state index in [1.807, 2.05) is 0 Å². The smallest absolute Gasteiger partial charge is 0.129 e. The van der Waals surface area contributed by atoms with E-state index in [-0.39, 0.29) is 0 Å². The van der Waals surface area contributed by atoms with Gasteiger partial charge in [0.05, 0.1) is 5.69 Å². The predicted octanol–water partition coefficient (Wildman–Crippen LogP) is 5.89. The maximum absolute atomic E-state index is 5.00. The molecule has 1 aliphatic rings. The summed E-state index contributed by atoms with van der Waals surface area (Å²) in [5.41, 5.74) is 5.07. The van der Waals surface area contributed by atoms with Gasteiger partial charge in [0.2, 0.25) is 0 Å². The van der Waals surface area contributed by atoms with E-state index in [1.54, 1.807) is 0 Å². The van der Waals surface area contributed by atoms with Crippen molar-refractivity contribution in [2.75, 3.05) is 5.32 Å². The Balaban J connectivity index is 2.28. The van der Waals surface area contributed by atoms with Gasteiger partial charge in [0.15, 0.2) is 0 Å². The van der Waals surface area contributed by atoms with Crippen molar-refractivity contribution in [3.63, 3.8) is 0 Å². The molecule has 122 valence electrons. The molecule has 22 heavy (non-hydrogen) atoms. The summed E-state index contributed by atoms with van der Waals surface area (Å²) in [6, 6.07) is 2.88. The summed E-state index contributed by atoms with van der Waals surface area (Å²) in [5, 5.41) is 3.78. The molecule has 0 aliphatic heterocycles. The monoisotopic (exact) mass is 300 g/mol. The molecule has 2 heteroatoms. The highest BCUT2D eigenvalue weighted by atomic mass is 15.0. The predicted molar refractivity (Wildman–Crippen MR) is 97.3 cm³/mol. The molecule has 2 unspecified atom stereocenters. The van der Waals surface area contributed by atoms with Gasteiger partial charge in [-0.05, 0) is 62.7 Å². The number of nitrogens with one attached hydrogen (secondary N) is 1. The molecule has 0 bridgehead atoms. The summed E-state index contributed by atoms with van der Waals surface area (Å²) < 4.78 is 0. The lowest BCUT2D eigenvalue weighted by molar-refractivity contribution is 0.316. The minimum Gasteiger partial charge on any atom is -0.367 e. The van der Waals surface area contributed by atoms with Crippen molar-refractivity contribution >= 4 is 11.4 Å². The molecule has 1 N–H and O–H groups in total. The molecule has 2 atom stereocenters. The van der Waals surface area contributed by atoms with Crippen LogP contribution in [-0.2, 0) is 0 Å². The first kappa shape index (κ1) is 17.1. The van der Waals surface area contributed by atoms with Gasteiger partial charge < -0.3 is 5.32 Å². The second kappa shape index (κ2) is 7.80. The largest absolute Gasteiger partial charge is 0.367 e. The number of anilines is 1. The third-order valence-electron chi connectivity index (χ3n) is 5.19. The second-order valence-corrected chi connectivity index (χ2v) is 6.69. The maximum atomic E-state index is 5.00. The van der Waals surface area contributed by atoms with Crippen molar-refractivity contribution in [3.05, 3.63) is 29.0 Å². The second-order valence-electron chi connectivity index (χ2n) is 6.69. The minimum absolute atomic E-state index is 0.594. The van der Waals surface area contributed by atoms with Gasteiger partial charge in [0.25, 0.3) is 0 Å². The van der Waals surface area contributed by atoms with Crippen LogP contribution in [0.25, 0.3) is 5.57 Å². The first-order chi connectivity index (χ1) is 10.6. The number of pyridine rings is 1. The van der Waals surface area contributed by atoms with Gasteiger partial charge in [-0.1, -0.05) is 45.3 Å². The van der Waals surface area contributed by atoms with Gasteiger partial charge in [-0.25, -0.2) is 4.98 Å². The van der Waals surface area contributed by atoms with E-state index < -0.39 is 0 Å². The summed E-state index contributed by atoms with van der Waals surface area (Å²) in [7, 11) is 0. The highest BCUT2D eigenvalue weighted by molar-refractivity contribution is 5.67. The van der Waals surface area contributed by atoms with Gasteiger partial charge in [0, 0.05) is 6.04 Å². The van der Waals surface area contributed by atoms with Crippen molar-refractivity contribution < 1.29 is 0 Å². The lowest BCUT2D eigenvalue weighted by Crippen LogP contribution is -2.32. The van der Waals surface area contributed by atoms with E-state index in [0.717, 1.165) is 18.2 Å². The molecular weight excluding hydrogens is 268 g/mol. The number of aromatic nitrogens is 1. The zero-order valence-electron chi connectivity index (χ0n) is 15.0. The van der Waals surface area contributed by atoms with Crippen molar-refractivity contribution in [1.82, 2.24) is 4.98 Å². The minimum atomic E-state index is 0.594. The zero-order valence-corrected chi connectivity index (χ0v) is 15.0. The van der Waals surface area contributed by atoms with Crippen LogP contribution < -0.4 is 5.32 Å². The Morgan fingerprint density at radius 2 is 1.95 bits per heavy atom.